The van der Waals surface area contributed by atoms with E-state index in [1.807, 2.05) is 0 Å². The molecule has 2 rings (SSSR count). The second kappa shape index (κ2) is 4.87. The first-order valence-electron chi connectivity index (χ1n) is 6.99. The molecule has 0 aromatic rings. The fraction of sp³-hybridized carbons (Fsp3) is 1.00. The molecule has 17 heavy (non-hydrogen) atoms. The van der Waals surface area contributed by atoms with Crippen LogP contribution >= 0.6 is 0 Å². The van der Waals surface area contributed by atoms with Crippen LogP contribution in [0.2, 0.25) is 0 Å². The quantitative estimate of drug-likeness (QED) is 0.793. The van der Waals surface area contributed by atoms with Crippen LogP contribution in [0, 0.1) is 0 Å². The highest BCUT2D eigenvalue weighted by Crippen LogP contribution is 2.35. The lowest BCUT2D eigenvalue weighted by Crippen LogP contribution is -2.54. The van der Waals surface area contributed by atoms with Gasteiger partial charge in [0, 0.05) is 11.6 Å². The van der Waals surface area contributed by atoms with Crippen molar-refractivity contribution in [2.75, 3.05) is 6.61 Å². The molecular weight excluding hydrogens is 214 g/mol. The minimum atomic E-state index is -0.0806. The predicted octanol–water partition coefficient (Wildman–Crippen LogP) is 2.23. The first kappa shape index (κ1) is 13.3. The summed E-state index contributed by atoms with van der Waals surface area (Å²) in [7, 11) is 0. The lowest BCUT2D eigenvalue weighted by Gasteiger charge is -2.42. The summed E-state index contributed by atoms with van der Waals surface area (Å²) < 4.78 is 6.09. The third-order valence-corrected chi connectivity index (χ3v) is 3.71. The molecule has 0 aromatic heterocycles. The van der Waals surface area contributed by atoms with Crippen LogP contribution in [-0.2, 0) is 4.74 Å². The molecule has 3 nitrogen and oxygen atoms in total. The molecule has 0 amide bonds. The Hall–Kier alpha value is -0.120. The summed E-state index contributed by atoms with van der Waals surface area (Å²) in [6.07, 6.45) is 7.16. The number of rotatable bonds is 4. The van der Waals surface area contributed by atoms with Gasteiger partial charge in [0.2, 0.25) is 0 Å². The zero-order chi connectivity index (χ0) is 12.5. The van der Waals surface area contributed by atoms with Crippen molar-refractivity contribution in [3.63, 3.8) is 0 Å². The van der Waals surface area contributed by atoms with Crippen LogP contribution in [0.1, 0.15) is 59.3 Å². The topological polar surface area (TPSA) is 41.5 Å². The summed E-state index contributed by atoms with van der Waals surface area (Å²) in [5.41, 5.74) is -0.155. The third kappa shape index (κ3) is 3.94. The van der Waals surface area contributed by atoms with Gasteiger partial charge in [0.1, 0.15) is 0 Å². The van der Waals surface area contributed by atoms with E-state index in [-0.39, 0.29) is 17.7 Å². The number of ether oxygens (including phenoxy) is 1. The molecule has 2 N–H and O–H groups in total. The van der Waals surface area contributed by atoms with Crippen molar-refractivity contribution in [3.05, 3.63) is 0 Å². The van der Waals surface area contributed by atoms with Gasteiger partial charge in [0.15, 0.2) is 0 Å². The Labute approximate surface area is 105 Å². The zero-order valence-corrected chi connectivity index (χ0v) is 11.5. The standard InChI is InChI=1S/C14H27NO2/c1-13(2,3)17-12-5-4-8-14(9-12,10-16)15-11-6-7-11/h11-12,15-16H,4-10H2,1-3H3. The number of hydrogen-bond acceptors (Lipinski definition) is 3. The first-order chi connectivity index (χ1) is 7.92. The Kier molecular flexibility index (Phi) is 3.81. The van der Waals surface area contributed by atoms with Gasteiger partial charge in [-0.3, -0.25) is 0 Å². The van der Waals surface area contributed by atoms with E-state index in [4.69, 9.17) is 4.74 Å². The summed E-state index contributed by atoms with van der Waals surface area (Å²) in [6.45, 7) is 6.57. The van der Waals surface area contributed by atoms with E-state index < -0.39 is 0 Å². The normalized spacial score (nSPS) is 34.9. The van der Waals surface area contributed by atoms with Crippen LogP contribution < -0.4 is 5.32 Å². The highest BCUT2D eigenvalue weighted by atomic mass is 16.5. The molecule has 0 spiro atoms. The summed E-state index contributed by atoms with van der Waals surface area (Å²) >= 11 is 0. The van der Waals surface area contributed by atoms with Gasteiger partial charge >= 0.3 is 0 Å². The molecule has 2 unspecified atom stereocenters. The van der Waals surface area contributed by atoms with E-state index in [1.54, 1.807) is 0 Å². The van der Waals surface area contributed by atoms with Crippen molar-refractivity contribution in [1.29, 1.82) is 0 Å². The van der Waals surface area contributed by atoms with Crippen LogP contribution in [0.3, 0.4) is 0 Å². The zero-order valence-electron chi connectivity index (χ0n) is 11.5. The second-order valence-electron chi connectivity index (χ2n) is 6.81. The molecule has 2 atom stereocenters. The van der Waals surface area contributed by atoms with Crippen LogP contribution in [0.4, 0.5) is 0 Å². The molecular formula is C14H27NO2. The van der Waals surface area contributed by atoms with E-state index in [9.17, 15) is 5.11 Å². The van der Waals surface area contributed by atoms with Crippen molar-refractivity contribution >= 4 is 0 Å². The highest BCUT2D eigenvalue weighted by molar-refractivity contribution is 4.99. The average molecular weight is 241 g/mol. The fourth-order valence-corrected chi connectivity index (χ4v) is 2.89. The highest BCUT2D eigenvalue weighted by Gasteiger charge is 2.40. The molecule has 0 radical (unpaired) electrons. The van der Waals surface area contributed by atoms with Crippen molar-refractivity contribution in [2.24, 2.45) is 0 Å². The molecule has 0 saturated heterocycles. The SMILES string of the molecule is CC(C)(C)OC1CCCC(CO)(NC2CC2)C1. The molecule has 0 bridgehead atoms. The van der Waals surface area contributed by atoms with Gasteiger partial charge in [-0.2, -0.15) is 0 Å². The van der Waals surface area contributed by atoms with Gasteiger partial charge in [0.25, 0.3) is 0 Å². The monoisotopic (exact) mass is 241 g/mol. The van der Waals surface area contributed by atoms with E-state index in [2.05, 4.69) is 26.1 Å². The largest absolute Gasteiger partial charge is 0.394 e. The third-order valence-electron chi connectivity index (χ3n) is 3.71. The molecule has 3 heteroatoms. The van der Waals surface area contributed by atoms with Crippen LogP contribution in [0.5, 0.6) is 0 Å². The van der Waals surface area contributed by atoms with Gasteiger partial charge in [-0.05, 0) is 59.3 Å². The van der Waals surface area contributed by atoms with Gasteiger partial charge < -0.3 is 15.2 Å². The average Bonchev–Trinajstić information content (AvgIpc) is 2.99. The Morgan fingerprint density at radius 3 is 2.53 bits per heavy atom. The Bertz CT molecular complexity index is 257. The molecule has 2 saturated carbocycles. The second-order valence-corrected chi connectivity index (χ2v) is 6.81. The Morgan fingerprint density at radius 1 is 1.29 bits per heavy atom. The van der Waals surface area contributed by atoms with Crippen molar-refractivity contribution in [1.82, 2.24) is 5.32 Å². The van der Waals surface area contributed by atoms with E-state index >= 15 is 0 Å². The summed E-state index contributed by atoms with van der Waals surface area (Å²) in [4.78, 5) is 0. The molecule has 2 aliphatic carbocycles. The van der Waals surface area contributed by atoms with Gasteiger partial charge in [-0.25, -0.2) is 0 Å². The fourth-order valence-electron chi connectivity index (χ4n) is 2.89. The maximum Gasteiger partial charge on any atom is 0.0614 e. The summed E-state index contributed by atoms with van der Waals surface area (Å²) in [6, 6.07) is 0.649. The number of aliphatic hydroxyl groups excluding tert-OH is 1. The lowest BCUT2D eigenvalue weighted by molar-refractivity contribution is -0.0931. The van der Waals surface area contributed by atoms with Crippen LogP contribution in [0.25, 0.3) is 0 Å². The van der Waals surface area contributed by atoms with Gasteiger partial charge in [0.05, 0.1) is 18.3 Å². The van der Waals surface area contributed by atoms with Gasteiger partial charge in [-0.15, -0.1) is 0 Å². The van der Waals surface area contributed by atoms with Crippen molar-refractivity contribution in [2.45, 2.75) is 82.6 Å². The molecule has 100 valence electrons. The maximum absolute atomic E-state index is 9.72. The molecule has 2 aliphatic rings. The van der Waals surface area contributed by atoms with Gasteiger partial charge in [-0.1, -0.05) is 0 Å². The minimum absolute atomic E-state index is 0.0741. The van der Waals surface area contributed by atoms with Crippen LogP contribution in [0.15, 0.2) is 0 Å². The summed E-state index contributed by atoms with van der Waals surface area (Å²) in [5.74, 6) is 0. The van der Waals surface area contributed by atoms with E-state index in [1.165, 1.54) is 12.8 Å². The van der Waals surface area contributed by atoms with Crippen molar-refractivity contribution in [3.8, 4) is 0 Å². The predicted molar refractivity (Wildman–Crippen MR) is 69.1 cm³/mol. The van der Waals surface area contributed by atoms with E-state index in [0.717, 1.165) is 25.7 Å². The number of hydrogen-bond donors (Lipinski definition) is 2. The minimum Gasteiger partial charge on any atom is -0.394 e. The first-order valence-corrected chi connectivity index (χ1v) is 6.99. The van der Waals surface area contributed by atoms with E-state index in [0.29, 0.717) is 12.1 Å². The molecule has 0 aliphatic heterocycles. The molecule has 2 fully saturated rings. The number of aliphatic hydroxyl groups is 1. The summed E-state index contributed by atoms with van der Waals surface area (Å²) in [5, 5.41) is 13.4. The lowest BCUT2D eigenvalue weighted by atomic mass is 9.80. The smallest absolute Gasteiger partial charge is 0.0614 e. The molecule has 0 aromatic carbocycles. The maximum atomic E-state index is 9.72. The Balaban J connectivity index is 1.93. The van der Waals surface area contributed by atoms with Crippen LogP contribution in [-0.4, -0.2) is 35.0 Å². The molecule has 0 heterocycles. The number of nitrogens with one attached hydrogen (secondary N) is 1. The Morgan fingerprint density at radius 2 is 2.00 bits per heavy atom. The van der Waals surface area contributed by atoms with Crippen molar-refractivity contribution < 1.29 is 9.84 Å².